The number of benzene rings is 3. The van der Waals surface area contributed by atoms with Crippen molar-refractivity contribution in [1.29, 1.82) is 0 Å². The van der Waals surface area contributed by atoms with E-state index in [-0.39, 0.29) is 25.2 Å². The molecule has 0 aliphatic rings. The summed E-state index contributed by atoms with van der Waals surface area (Å²) in [6.07, 6.45) is 0.490. The van der Waals surface area contributed by atoms with E-state index in [0.29, 0.717) is 23.6 Å². The standard InChI is InChI=1S/C26H24N4O4/c1-17(25-15-19-6-2-5-9-23(19)34-25)27-26(32)16-33-24-11-10-18(12-13-31)14-22(24)30-28-20-7-3-4-8-21(20)29-30/h2-11,14-15,17,31H,12-13,16H2,1H3,(H,27,32). The Morgan fingerprint density at radius 1 is 1.06 bits per heavy atom. The summed E-state index contributed by atoms with van der Waals surface area (Å²) < 4.78 is 11.7. The molecule has 0 spiro atoms. The number of fused-ring (bicyclic) bond motifs is 2. The monoisotopic (exact) mass is 456 g/mol. The van der Waals surface area contributed by atoms with E-state index >= 15 is 0 Å². The summed E-state index contributed by atoms with van der Waals surface area (Å²) in [5.41, 5.74) is 3.79. The number of hydrogen-bond donors (Lipinski definition) is 2. The van der Waals surface area contributed by atoms with Crippen LogP contribution in [0, 0.1) is 0 Å². The normalized spacial score (nSPS) is 12.2. The number of aliphatic hydroxyl groups excluding tert-OH is 1. The Hall–Kier alpha value is -4.17. The molecule has 0 bridgehead atoms. The van der Waals surface area contributed by atoms with Crippen molar-refractivity contribution in [2.75, 3.05) is 13.2 Å². The minimum absolute atomic E-state index is 0.0240. The predicted octanol–water partition coefficient (Wildman–Crippen LogP) is 3.96. The van der Waals surface area contributed by atoms with Crippen LogP contribution in [0.2, 0.25) is 0 Å². The molecule has 8 nitrogen and oxygen atoms in total. The van der Waals surface area contributed by atoms with E-state index in [1.54, 1.807) is 6.07 Å². The van der Waals surface area contributed by atoms with Crippen LogP contribution >= 0.6 is 0 Å². The van der Waals surface area contributed by atoms with Crippen molar-refractivity contribution in [2.24, 2.45) is 0 Å². The zero-order chi connectivity index (χ0) is 23.5. The quantitative estimate of drug-likeness (QED) is 0.366. The topological polar surface area (TPSA) is 102 Å². The van der Waals surface area contributed by atoms with Crippen molar-refractivity contribution in [3.8, 4) is 11.4 Å². The highest BCUT2D eigenvalue weighted by molar-refractivity contribution is 5.80. The SMILES string of the molecule is CC(NC(=O)COc1ccc(CCO)cc1-n1nc2ccccc2n1)c1cc2ccccc2o1. The predicted molar refractivity (Wildman–Crippen MR) is 128 cm³/mol. The first-order valence-corrected chi connectivity index (χ1v) is 11.1. The van der Waals surface area contributed by atoms with Gasteiger partial charge in [-0.15, -0.1) is 15.0 Å². The molecule has 0 saturated heterocycles. The number of carbonyl (C=O) groups is 1. The van der Waals surface area contributed by atoms with Crippen LogP contribution in [0.15, 0.2) is 77.2 Å². The number of aliphatic hydroxyl groups is 1. The minimum Gasteiger partial charge on any atom is -0.481 e. The maximum Gasteiger partial charge on any atom is 0.258 e. The Morgan fingerprint density at radius 3 is 2.53 bits per heavy atom. The third-order valence-corrected chi connectivity index (χ3v) is 5.53. The number of aromatic nitrogens is 3. The van der Waals surface area contributed by atoms with Gasteiger partial charge in [-0.2, -0.15) is 0 Å². The van der Waals surface area contributed by atoms with Gasteiger partial charge < -0.3 is 19.6 Å². The van der Waals surface area contributed by atoms with Gasteiger partial charge in [-0.3, -0.25) is 4.79 Å². The molecule has 0 radical (unpaired) electrons. The Labute approximate surface area is 195 Å². The molecule has 3 aromatic carbocycles. The zero-order valence-electron chi connectivity index (χ0n) is 18.6. The molecule has 2 N–H and O–H groups in total. The zero-order valence-corrected chi connectivity index (χ0v) is 18.6. The van der Waals surface area contributed by atoms with Gasteiger partial charge in [-0.05, 0) is 55.3 Å². The van der Waals surface area contributed by atoms with Gasteiger partial charge in [0.15, 0.2) is 6.61 Å². The lowest BCUT2D eigenvalue weighted by molar-refractivity contribution is -0.123. The van der Waals surface area contributed by atoms with Gasteiger partial charge in [0.25, 0.3) is 5.91 Å². The van der Waals surface area contributed by atoms with Crippen LogP contribution in [0.1, 0.15) is 24.3 Å². The van der Waals surface area contributed by atoms with Crippen LogP contribution in [0.4, 0.5) is 0 Å². The maximum atomic E-state index is 12.6. The third-order valence-electron chi connectivity index (χ3n) is 5.53. The molecule has 2 heterocycles. The van der Waals surface area contributed by atoms with Crippen molar-refractivity contribution < 1.29 is 19.1 Å². The largest absolute Gasteiger partial charge is 0.481 e. The number of para-hydroxylation sites is 1. The van der Waals surface area contributed by atoms with Crippen LogP contribution < -0.4 is 10.1 Å². The number of rotatable bonds is 8. The van der Waals surface area contributed by atoms with Crippen molar-refractivity contribution in [3.05, 3.63) is 84.1 Å². The molecule has 0 fully saturated rings. The molecule has 0 saturated carbocycles. The van der Waals surface area contributed by atoms with Gasteiger partial charge in [0.1, 0.15) is 33.8 Å². The highest BCUT2D eigenvalue weighted by Gasteiger charge is 2.17. The fraction of sp³-hybridized carbons (Fsp3) is 0.192. The first kappa shape index (κ1) is 21.7. The van der Waals surface area contributed by atoms with Gasteiger partial charge in [0, 0.05) is 12.0 Å². The number of ether oxygens (including phenoxy) is 1. The summed E-state index contributed by atoms with van der Waals surface area (Å²) in [5.74, 6) is 0.862. The number of nitrogens with zero attached hydrogens (tertiary/aromatic N) is 3. The third kappa shape index (κ3) is 4.49. The highest BCUT2D eigenvalue weighted by Crippen LogP contribution is 2.26. The maximum absolute atomic E-state index is 12.6. The van der Waals surface area contributed by atoms with Gasteiger partial charge in [0.05, 0.1) is 6.04 Å². The number of nitrogens with one attached hydrogen (secondary N) is 1. The van der Waals surface area contributed by atoms with Crippen LogP contribution in [-0.4, -0.2) is 39.2 Å². The Kier molecular flexibility index (Phi) is 5.97. The summed E-state index contributed by atoms with van der Waals surface area (Å²) in [7, 11) is 0. The number of hydrogen-bond acceptors (Lipinski definition) is 6. The van der Waals surface area contributed by atoms with E-state index in [1.807, 2.05) is 73.7 Å². The summed E-state index contributed by atoms with van der Waals surface area (Å²) in [4.78, 5) is 14.1. The van der Waals surface area contributed by atoms with Gasteiger partial charge in [-0.1, -0.05) is 36.4 Å². The van der Waals surface area contributed by atoms with Crippen LogP contribution in [0.25, 0.3) is 27.7 Å². The Morgan fingerprint density at radius 2 is 1.79 bits per heavy atom. The summed E-state index contributed by atoms with van der Waals surface area (Å²) in [6, 6.07) is 22.4. The fourth-order valence-electron chi connectivity index (χ4n) is 3.81. The molecule has 1 amide bonds. The molecule has 5 aromatic rings. The summed E-state index contributed by atoms with van der Waals surface area (Å²) in [6.45, 7) is 1.71. The van der Waals surface area contributed by atoms with Crippen LogP contribution in [0.5, 0.6) is 5.75 Å². The second-order valence-corrected chi connectivity index (χ2v) is 8.02. The first-order chi connectivity index (χ1) is 16.6. The number of furan rings is 1. The molecule has 8 heteroatoms. The molecule has 0 aliphatic heterocycles. The molecule has 172 valence electrons. The lowest BCUT2D eigenvalue weighted by atomic mass is 10.1. The minimum atomic E-state index is -0.312. The summed E-state index contributed by atoms with van der Waals surface area (Å²) >= 11 is 0. The number of carbonyl (C=O) groups excluding carboxylic acids is 1. The van der Waals surface area contributed by atoms with E-state index in [9.17, 15) is 9.90 Å². The molecule has 1 atom stereocenters. The summed E-state index contributed by atoms with van der Waals surface area (Å²) in [5, 5.41) is 22.3. The van der Waals surface area contributed by atoms with Crippen molar-refractivity contribution >= 4 is 27.9 Å². The van der Waals surface area contributed by atoms with Crippen LogP contribution in [-0.2, 0) is 11.2 Å². The van der Waals surface area contributed by atoms with E-state index in [1.165, 1.54) is 4.80 Å². The van der Waals surface area contributed by atoms with Gasteiger partial charge in [0.2, 0.25) is 0 Å². The Balaban J connectivity index is 1.32. The van der Waals surface area contributed by atoms with Crippen LogP contribution in [0.3, 0.4) is 0 Å². The molecule has 0 aliphatic carbocycles. The second-order valence-electron chi connectivity index (χ2n) is 8.02. The van der Waals surface area contributed by atoms with E-state index < -0.39 is 0 Å². The fourth-order valence-corrected chi connectivity index (χ4v) is 3.81. The van der Waals surface area contributed by atoms with E-state index in [0.717, 1.165) is 27.6 Å². The average Bonchev–Trinajstić information content (AvgIpc) is 3.48. The lowest BCUT2D eigenvalue weighted by Gasteiger charge is -2.14. The average molecular weight is 457 g/mol. The smallest absolute Gasteiger partial charge is 0.258 e. The highest BCUT2D eigenvalue weighted by atomic mass is 16.5. The second kappa shape index (κ2) is 9.36. The van der Waals surface area contributed by atoms with Crippen molar-refractivity contribution in [3.63, 3.8) is 0 Å². The van der Waals surface area contributed by atoms with Crippen molar-refractivity contribution in [2.45, 2.75) is 19.4 Å². The molecule has 1 unspecified atom stereocenters. The van der Waals surface area contributed by atoms with E-state index in [4.69, 9.17) is 9.15 Å². The number of amides is 1. The Bertz CT molecular complexity index is 1390. The van der Waals surface area contributed by atoms with Gasteiger partial charge in [-0.25, -0.2) is 0 Å². The van der Waals surface area contributed by atoms with Crippen molar-refractivity contribution in [1.82, 2.24) is 20.3 Å². The molecular formula is C26H24N4O4. The lowest BCUT2D eigenvalue weighted by Crippen LogP contribution is -2.31. The van der Waals surface area contributed by atoms with E-state index in [2.05, 4.69) is 15.5 Å². The molecule has 2 aromatic heterocycles. The molecule has 34 heavy (non-hydrogen) atoms. The first-order valence-electron chi connectivity index (χ1n) is 11.1. The molecular weight excluding hydrogens is 432 g/mol. The van der Waals surface area contributed by atoms with Gasteiger partial charge >= 0.3 is 0 Å². The molecule has 5 rings (SSSR count).